The predicted octanol–water partition coefficient (Wildman–Crippen LogP) is 2.05. The van der Waals surface area contributed by atoms with Crippen LogP contribution >= 0.6 is 0 Å². The molecule has 0 aliphatic heterocycles. The monoisotopic (exact) mass is 236 g/mol. The summed E-state index contributed by atoms with van der Waals surface area (Å²) < 4.78 is 5.07. The lowest BCUT2D eigenvalue weighted by molar-refractivity contribution is 0.0947. The third-order valence-electron chi connectivity index (χ3n) is 2.73. The topological polar surface area (TPSA) is 64.4 Å². The quantitative estimate of drug-likeness (QED) is 0.769. The lowest BCUT2D eigenvalue weighted by Gasteiger charge is -2.11. The molecule has 0 aliphatic carbocycles. The zero-order valence-electron chi connectivity index (χ0n) is 10.6. The normalized spacial score (nSPS) is 11.9. The summed E-state index contributed by atoms with van der Waals surface area (Å²) in [6, 6.07) is 5.02. The molecule has 0 radical (unpaired) electrons. The minimum absolute atomic E-state index is 0.115. The number of ether oxygens (including phenoxy) is 1. The van der Waals surface area contributed by atoms with Gasteiger partial charge in [0.15, 0.2) is 0 Å². The Bertz CT molecular complexity index is 391. The van der Waals surface area contributed by atoms with E-state index >= 15 is 0 Å². The zero-order chi connectivity index (χ0) is 12.8. The van der Waals surface area contributed by atoms with Crippen molar-refractivity contribution in [3.63, 3.8) is 0 Å². The molecule has 0 spiro atoms. The van der Waals surface area contributed by atoms with E-state index in [9.17, 15) is 4.79 Å². The third kappa shape index (κ3) is 3.98. The molecular weight excluding hydrogens is 216 g/mol. The zero-order valence-corrected chi connectivity index (χ0v) is 10.6. The van der Waals surface area contributed by atoms with Crippen molar-refractivity contribution in [3.05, 3.63) is 23.8 Å². The van der Waals surface area contributed by atoms with Crippen LogP contribution in [0.1, 0.15) is 30.6 Å². The first-order valence-corrected chi connectivity index (χ1v) is 5.79. The summed E-state index contributed by atoms with van der Waals surface area (Å²) in [6.45, 7) is 4.87. The predicted molar refractivity (Wildman–Crippen MR) is 69.2 cm³/mol. The minimum Gasteiger partial charge on any atom is -0.497 e. The van der Waals surface area contributed by atoms with Crippen LogP contribution in [0.3, 0.4) is 0 Å². The number of nitrogens with two attached hydrogens (primary N) is 1. The number of hydrogen-bond donors (Lipinski definition) is 2. The maximum Gasteiger partial charge on any atom is 0.251 e. The van der Waals surface area contributed by atoms with E-state index in [2.05, 4.69) is 19.2 Å². The molecule has 3 N–H and O–H groups in total. The average molecular weight is 236 g/mol. The van der Waals surface area contributed by atoms with E-state index in [4.69, 9.17) is 10.5 Å². The van der Waals surface area contributed by atoms with Crippen LogP contribution in [0.25, 0.3) is 0 Å². The number of carbonyl (C=O) groups is 1. The Morgan fingerprint density at radius 3 is 2.76 bits per heavy atom. The van der Waals surface area contributed by atoms with Gasteiger partial charge in [-0.15, -0.1) is 0 Å². The molecule has 0 aliphatic rings. The smallest absolute Gasteiger partial charge is 0.251 e. The summed E-state index contributed by atoms with van der Waals surface area (Å²) in [6.07, 6.45) is 1.04. The maximum atomic E-state index is 11.9. The molecule has 0 saturated heterocycles. The van der Waals surface area contributed by atoms with Crippen molar-refractivity contribution in [2.45, 2.75) is 20.3 Å². The molecule has 0 heterocycles. The van der Waals surface area contributed by atoms with Gasteiger partial charge in [-0.05, 0) is 18.1 Å². The summed E-state index contributed by atoms with van der Waals surface area (Å²) >= 11 is 0. The first-order valence-electron chi connectivity index (χ1n) is 5.79. The first-order chi connectivity index (χ1) is 8.06. The number of benzene rings is 1. The number of amides is 1. The summed E-state index contributed by atoms with van der Waals surface area (Å²) in [7, 11) is 1.55. The maximum absolute atomic E-state index is 11.9. The van der Waals surface area contributed by atoms with Gasteiger partial charge >= 0.3 is 0 Å². The molecule has 94 valence electrons. The van der Waals surface area contributed by atoms with Crippen LogP contribution in [-0.4, -0.2) is 19.6 Å². The van der Waals surface area contributed by atoms with Gasteiger partial charge in [0.25, 0.3) is 5.91 Å². The summed E-state index contributed by atoms with van der Waals surface area (Å²) in [4.78, 5) is 11.9. The van der Waals surface area contributed by atoms with Gasteiger partial charge in [0.2, 0.25) is 0 Å². The summed E-state index contributed by atoms with van der Waals surface area (Å²) in [5.74, 6) is 0.955. The number of nitrogen functional groups attached to an aromatic ring is 1. The van der Waals surface area contributed by atoms with Crippen LogP contribution in [0.5, 0.6) is 5.75 Å². The van der Waals surface area contributed by atoms with Crippen LogP contribution in [0.15, 0.2) is 18.2 Å². The molecule has 1 amide bonds. The van der Waals surface area contributed by atoms with E-state index in [1.807, 2.05) is 0 Å². The second kappa shape index (κ2) is 6.13. The average Bonchev–Trinajstić information content (AvgIpc) is 2.34. The molecule has 4 heteroatoms. The Hall–Kier alpha value is -1.71. The van der Waals surface area contributed by atoms with E-state index in [0.29, 0.717) is 29.5 Å². The molecule has 1 aromatic carbocycles. The van der Waals surface area contributed by atoms with Crippen LogP contribution in [0.2, 0.25) is 0 Å². The lowest BCUT2D eigenvalue weighted by atomic mass is 10.1. The molecule has 0 bridgehead atoms. The van der Waals surface area contributed by atoms with Gasteiger partial charge < -0.3 is 15.8 Å². The number of rotatable bonds is 5. The van der Waals surface area contributed by atoms with Crippen molar-refractivity contribution < 1.29 is 9.53 Å². The second-order valence-corrected chi connectivity index (χ2v) is 4.22. The SMILES string of the molecule is CCC(C)CNC(=O)c1cc(N)cc(OC)c1. The number of methoxy groups -OCH3 is 1. The number of nitrogens with one attached hydrogen (secondary N) is 1. The molecule has 0 fully saturated rings. The van der Waals surface area contributed by atoms with Gasteiger partial charge in [0.1, 0.15) is 5.75 Å². The van der Waals surface area contributed by atoms with E-state index < -0.39 is 0 Å². The van der Waals surface area contributed by atoms with Crippen molar-refractivity contribution in [1.29, 1.82) is 0 Å². The van der Waals surface area contributed by atoms with Crippen molar-refractivity contribution in [1.82, 2.24) is 5.32 Å². The van der Waals surface area contributed by atoms with Gasteiger partial charge in [-0.3, -0.25) is 4.79 Å². The highest BCUT2D eigenvalue weighted by Crippen LogP contribution is 2.18. The lowest BCUT2D eigenvalue weighted by Crippen LogP contribution is -2.28. The molecule has 17 heavy (non-hydrogen) atoms. The summed E-state index contributed by atoms with van der Waals surface area (Å²) in [5.41, 5.74) is 6.75. The fraction of sp³-hybridized carbons (Fsp3) is 0.462. The molecular formula is C13H20N2O2. The molecule has 1 aromatic rings. The van der Waals surface area contributed by atoms with Crippen molar-refractivity contribution in [2.75, 3.05) is 19.4 Å². The highest BCUT2D eigenvalue weighted by molar-refractivity contribution is 5.95. The van der Waals surface area contributed by atoms with E-state index in [0.717, 1.165) is 6.42 Å². The van der Waals surface area contributed by atoms with Crippen LogP contribution in [0.4, 0.5) is 5.69 Å². The van der Waals surface area contributed by atoms with E-state index in [-0.39, 0.29) is 5.91 Å². The highest BCUT2D eigenvalue weighted by atomic mass is 16.5. The molecule has 1 unspecified atom stereocenters. The van der Waals surface area contributed by atoms with Gasteiger partial charge in [0, 0.05) is 23.9 Å². The Labute approximate surface area is 102 Å². The highest BCUT2D eigenvalue weighted by Gasteiger charge is 2.09. The molecule has 0 saturated carbocycles. The van der Waals surface area contributed by atoms with Gasteiger partial charge in [0.05, 0.1) is 7.11 Å². The molecule has 1 atom stereocenters. The van der Waals surface area contributed by atoms with Crippen molar-refractivity contribution >= 4 is 11.6 Å². The van der Waals surface area contributed by atoms with Gasteiger partial charge in [-0.1, -0.05) is 20.3 Å². The second-order valence-electron chi connectivity index (χ2n) is 4.22. The Kier molecular flexibility index (Phi) is 4.82. The van der Waals surface area contributed by atoms with Crippen LogP contribution < -0.4 is 15.8 Å². The van der Waals surface area contributed by atoms with E-state index in [1.54, 1.807) is 25.3 Å². The first kappa shape index (κ1) is 13.4. The number of carbonyl (C=O) groups excluding carboxylic acids is 1. The Morgan fingerprint density at radius 2 is 2.18 bits per heavy atom. The van der Waals surface area contributed by atoms with E-state index in [1.165, 1.54) is 0 Å². The van der Waals surface area contributed by atoms with Crippen molar-refractivity contribution in [2.24, 2.45) is 5.92 Å². The fourth-order valence-corrected chi connectivity index (χ4v) is 1.38. The van der Waals surface area contributed by atoms with Crippen molar-refractivity contribution in [3.8, 4) is 5.75 Å². The fourth-order valence-electron chi connectivity index (χ4n) is 1.38. The minimum atomic E-state index is -0.115. The Morgan fingerprint density at radius 1 is 1.47 bits per heavy atom. The van der Waals surface area contributed by atoms with Crippen LogP contribution in [0, 0.1) is 5.92 Å². The Balaban J connectivity index is 2.71. The number of hydrogen-bond acceptors (Lipinski definition) is 3. The molecule has 1 rings (SSSR count). The largest absolute Gasteiger partial charge is 0.497 e. The molecule has 4 nitrogen and oxygen atoms in total. The molecule has 0 aromatic heterocycles. The third-order valence-corrected chi connectivity index (χ3v) is 2.73. The number of anilines is 1. The van der Waals surface area contributed by atoms with Crippen LogP contribution in [-0.2, 0) is 0 Å². The standard InChI is InChI=1S/C13H20N2O2/c1-4-9(2)8-15-13(16)10-5-11(14)7-12(6-10)17-3/h5-7,9H,4,8,14H2,1-3H3,(H,15,16). The van der Waals surface area contributed by atoms with Gasteiger partial charge in [-0.2, -0.15) is 0 Å². The van der Waals surface area contributed by atoms with Gasteiger partial charge in [-0.25, -0.2) is 0 Å². The summed E-state index contributed by atoms with van der Waals surface area (Å²) in [5, 5.41) is 2.88.